The molecule has 0 aliphatic heterocycles. The highest BCUT2D eigenvalue weighted by Gasteiger charge is 2.50. The molecule has 70 valence electrons. The number of carbonyl (C=O) groups excluding carboxylic acids is 1. The topological polar surface area (TPSA) is 26.3 Å². The predicted molar refractivity (Wildman–Crippen MR) is 48.4 cm³/mol. The molecule has 0 amide bonds. The summed E-state index contributed by atoms with van der Waals surface area (Å²) in [5.41, 5.74) is 0. The van der Waals surface area contributed by atoms with E-state index in [-0.39, 0.29) is 11.9 Å². The van der Waals surface area contributed by atoms with Crippen molar-refractivity contribution < 1.29 is 9.53 Å². The quantitative estimate of drug-likeness (QED) is 0.527. The van der Waals surface area contributed by atoms with Crippen molar-refractivity contribution in [3.8, 4) is 0 Å². The lowest BCUT2D eigenvalue weighted by atomic mass is 10.2. The van der Waals surface area contributed by atoms with Crippen molar-refractivity contribution in [3.05, 3.63) is 0 Å². The van der Waals surface area contributed by atoms with E-state index in [1.54, 1.807) is 6.92 Å². The molecule has 1 aliphatic carbocycles. The maximum atomic E-state index is 10.9. The van der Waals surface area contributed by atoms with Crippen molar-refractivity contribution in [1.82, 2.24) is 0 Å². The maximum Gasteiger partial charge on any atom is 0.305 e. The molecule has 2 nitrogen and oxygen atoms in total. The summed E-state index contributed by atoms with van der Waals surface area (Å²) in [6.07, 6.45) is 1.97. The fourth-order valence-electron chi connectivity index (χ4n) is 1.11. The van der Waals surface area contributed by atoms with Gasteiger partial charge in [-0.05, 0) is 25.7 Å². The summed E-state index contributed by atoms with van der Waals surface area (Å²) in [5.74, 6) is 0.124. The normalized spacial score (nSPS) is 25.1. The molecule has 12 heavy (non-hydrogen) atoms. The van der Waals surface area contributed by atoms with Gasteiger partial charge in [0.25, 0.3) is 0 Å². The van der Waals surface area contributed by atoms with Gasteiger partial charge in [-0.1, -0.05) is 0 Å². The zero-order valence-electron chi connectivity index (χ0n) is 6.98. The Morgan fingerprint density at radius 1 is 1.67 bits per heavy atom. The number of esters is 1. The molecule has 0 aromatic heterocycles. The van der Waals surface area contributed by atoms with Crippen LogP contribution in [0, 0.1) is 5.92 Å². The van der Waals surface area contributed by atoms with Gasteiger partial charge in [0.1, 0.15) is 4.33 Å². The average molecular weight is 211 g/mol. The van der Waals surface area contributed by atoms with E-state index in [4.69, 9.17) is 27.9 Å². The van der Waals surface area contributed by atoms with Crippen LogP contribution in [0.2, 0.25) is 0 Å². The van der Waals surface area contributed by atoms with Crippen molar-refractivity contribution in [2.75, 3.05) is 6.61 Å². The fraction of sp³-hybridized carbons (Fsp3) is 0.875. The van der Waals surface area contributed by atoms with Gasteiger partial charge < -0.3 is 4.74 Å². The second kappa shape index (κ2) is 3.84. The predicted octanol–water partition coefficient (Wildman–Crippen LogP) is 2.52. The molecular weight excluding hydrogens is 199 g/mol. The first kappa shape index (κ1) is 10.1. The molecular formula is C8H12Cl2O2. The van der Waals surface area contributed by atoms with Gasteiger partial charge in [0, 0.05) is 6.42 Å². The van der Waals surface area contributed by atoms with Crippen molar-refractivity contribution in [2.45, 2.75) is 30.5 Å². The number of carbonyl (C=O) groups is 1. The van der Waals surface area contributed by atoms with E-state index in [0.29, 0.717) is 13.0 Å². The van der Waals surface area contributed by atoms with E-state index in [1.165, 1.54) is 0 Å². The lowest BCUT2D eigenvalue weighted by molar-refractivity contribution is -0.143. The molecule has 0 radical (unpaired) electrons. The highest BCUT2D eigenvalue weighted by atomic mass is 35.5. The lowest BCUT2D eigenvalue weighted by Crippen LogP contribution is -2.04. The molecule has 1 unspecified atom stereocenters. The Balaban J connectivity index is 2.07. The Labute approximate surface area is 82.2 Å². The van der Waals surface area contributed by atoms with E-state index >= 15 is 0 Å². The first-order valence-electron chi connectivity index (χ1n) is 4.09. The van der Waals surface area contributed by atoms with Crippen LogP contribution in [-0.2, 0) is 9.53 Å². The monoisotopic (exact) mass is 210 g/mol. The van der Waals surface area contributed by atoms with Crippen LogP contribution < -0.4 is 0 Å². The van der Waals surface area contributed by atoms with Gasteiger partial charge in [-0.3, -0.25) is 4.79 Å². The molecule has 0 heterocycles. The molecule has 1 fully saturated rings. The van der Waals surface area contributed by atoms with Crippen molar-refractivity contribution in [2.24, 2.45) is 5.92 Å². The summed E-state index contributed by atoms with van der Waals surface area (Å²) in [7, 11) is 0. The van der Waals surface area contributed by atoms with Crippen molar-refractivity contribution in [1.29, 1.82) is 0 Å². The highest BCUT2D eigenvalue weighted by molar-refractivity contribution is 6.50. The van der Waals surface area contributed by atoms with Crippen LogP contribution in [0.4, 0.5) is 0 Å². The minimum absolute atomic E-state index is 0.159. The number of ether oxygens (including phenoxy) is 1. The minimum atomic E-state index is -0.563. The van der Waals surface area contributed by atoms with Crippen LogP contribution in [0.5, 0.6) is 0 Å². The highest BCUT2D eigenvalue weighted by Crippen LogP contribution is 2.55. The molecule has 1 aliphatic rings. The number of alkyl halides is 2. The smallest absolute Gasteiger partial charge is 0.305 e. The summed E-state index contributed by atoms with van der Waals surface area (Å²) in [4.78, 5) is 10.9. The van der Waals surface area contributed by atoms with Gasteiger partial charge in [-0.15, -0.1) is 23.2 Å². The van der Waals surface area contributed by atoms with E-state index in [1.807, 2.05) is 0 Å². The Hall–Kier alpha value is 0.0500. The Morgan fingerprint density at radius 2 is 2.25 bits per heavy atom. The van der Waals surface area contributed by atoms with Crippen molar-refractivity contribution >= 4 is 29.2 Å². The number of rotatable bonds is 4. The second-order valence-corrected chi connectivity index (χ2v) is 4.55. The SMILES string of the molecule is CCOC(=O)CCC1CC1(Cl)Cl. The standard InChI is InChI=1S/C8H12Cl2O2/c1-2-12-7(11)4-3-6-5-8(6,9)10/h6H,2-5H2,1H3. The van der Waals surface area contributed by atoms with Gasteiger partial charge in [-0.2, -0.15) is 0 Å². The molecule has 0 aromatic carbocycles. The fourth-order valence-corrected chi connectivity index (χ4v) is 1.70. The van der Waals surface area contributed by atoms with E-state index < -0.39 is 4.33 Å². The largest absolute Gasteiger partial charge is 0.466 e. The average Bonchev–Trinajstić information content (AvgIpc) is 2.56. The summed E-state index contributed by atoms with van der Waals surface area (Å²) in [6.45, 7) is 2.23. The molecule has 4 heteroatoms. The second-order valence-electron chi connectivity index (χ2n) is 3.01. The molecule has 0 spiro atoms. The van der Waals surface area contributed by atoms with Gasteiger partial charge >= 0.3 is 5.97 Å². The number of hydrogen-bond acceptors (Lipinski definition) is 2. The Bertz CT molecular complexity index is 180. The minimum Gasteiger partial charge on any atom is -0.466 e. The van der Waals surface area contributed by atoms with Crippen LogP contribution in [0.25, 0.3) is 0 Å². The zero-order chi connectivity index (χ0) is 9.19. The van der Waals surface area contributed by atoms with Crippen LogP contribution in [0.3, 0.4) is 0 Å². The van der Waals surface area contributed by atoms with Gasteiger partial charge in [-0.25, -0.2) is 0 Å². The van der Waals surface area contributed by atoms with Crippen LogP contribution in [-0.4, -0.2) is 16.9 Å². The summed E-state index contributed by atoms with van der Waals surface area (Å²) in [6, 6.07) is 0. The molecule has 0 N–H and O–H groups in total. The molecule has 0 saturated heterocycles. The zero-order valence-corrected chi connectivity index (χ0v) is 8.49. The summed E-state index contributed by atoms with van der Waals surface area (Å²) >= 11 is 11.6. The van der Waals surface area contributed by atoms with Gasteiger partial charge in [0.15, 0.2) is 0 Å². The van der Waals surface area contributed by atoms with Crippen LogP contribution >= 0.6 is 23.2 Å². The summed E-state index contributed by atoms with van der Waals surface area (Å²) in [5, 5.41) is 0. The Morgan fingerprint density at radius 3 is 2.67 bits per heavy atom. The first-order valence-corrected chi connectivity index (χ1v) is 4.85. The Kier molecular flexibility index (Phi) is 3.24. The number of hydrogen-bond donors (Lipinski definition) is 0. The van der Waals surface area contributed by atoms with E-state index in [0.717, 1.165) is 12.8 Å². The molecule has 0 bridgehead atoms. The van der Waals surface area contributed by atoms with E-state index in [9.17, 15) is 4.79 Å². The third kappa shape index (κ3) is 2.83. The maximum absolute atomic E-state index is 10.9. The van der Waals surface area contributed by atoms with Crippen LogP contribution in [0.1, 0.15) is 26.2 Å². The summed E-state index contributed by atoms with van der Waals surface area (Å²) < 4.78 is 4.20. The third-order valence-corrected chi connectivity index (χ3v) is 2.88. The lowest BCUT2D eigenvalue weighted by Gasteiger charge is -2.00. The third-order valence-electron chi connectivity index (χ3n) is 1.96. The van der Waals surface area contributed by atoms with Crippen LogP contribution in [0.15, 0.2) is 0 Å². The van der Waals surface area contributed by atoms with Gasteiger partial charge in [0.05, 0.1) is 6.61 Å². The van der Waals surface area contributed by atoms with Crippen molar-refractivity contribution in [3.63, 3.8) is 0 Å². The molecule has 1 atom stereocenters. The molecule has 1 saturated carbocycles. The first-order chi connectivity index (χ1) is 5.56. The van der Waals surface area contributed by atoms with Gasteiger partial charge in [0.2, 0.25) is 0 Å². The van der Waals surface area contributed by atoms with E-state index in [2.05, 4.69) is 0 Å². The molecule has 1 rings (SSSR count). The number of halogens is 2. The molecule has 0 aromatic rings.